The van der Waals surface area contributed by atoms with Gasteiger partial charge in [0.15, 0.2) is 0 Å². The van der Waals surface area contributed by atoms with Crippen molar-refractivity contribution in [1.82, 2.24) is 0 Å². The molecule has 3 nitrogen and oxygen atoms in total. The molecule has 92 valence electrons. The SMILES string of the molecule is O=C(Nc1ccccc1)c1ccccc1CCO. The van der Waals surface area contributed by atoms with Crippen LogP contribution in [0.15, 0.2) is 54.6 Å². The summed E-state index contributed by atoms with van der Waals surface area (Å²) in [7, 11) is 0. The van der Waals surface area contributed by atoms with E-state index in [0.29, 0.717) is 12.0 Å². The molecule has 0 fully saturated rings. The van der Waals surface area contributed by atoms with Crippen molar-refractivity contribution in [3.8, 4) is 0 Å². The van der Waals surface area contributed by atoms with Crippen molar-refractivity contribution < 1.29 is 9.90 Å². The van der Waals surface area contributed by atoms with E-state index in [9.17, 15) is 4.79 Å². The van der Waals surface area contributed by atoms with E-state index >= 15 is 0 Å². The number of aliphatic hydroxyl groups excluding tert-OH is 1. The number of nitrogens with one attached hydrogen (secondary N) is 1. The van der Waals surface area contributed by atoms with Crippen molar-refractivity contribution in [2.45, 2.75) is 6.42 Å². The Kier molecular flexibility index (Phi) is 4.10. The maximum absolute atomic E-state index is 12.1. The van der Waals surface area contributed by atoms with E-state index in [1.807, 2.05) is 48.5 Å². The maximum atomic E-state index is 12.1. The minimum absolute atomic E-state index is 0.0373. The fourth-order valence-corrected chi connectivity index (χ4v) is 1.80. The van der Waals surface area contributed by atoms with E-state index in [-0.39, 0.29) is 12.5 Å². The highest BCUT2D eigenvalue weighted by Crippen LogP contribution is 2.13. The normalized spacial score (nSPS) is 10.1. The highest BCUT2D eigenvalue weighted by atomic mass is 16.3. The number of hydrogen-bond acceptors (Lipinski definition) is 2. The molecule has 0 heterocycles. The topological polar surface area (TPSA) is 49.3 Å². The van der Waals surface area contributed by atoms with Gasteiger partial charge in [0.25, 0.3) is 5.91 Å². The molecule has 0 aliphatic carbocycles. The molecule has 0 aliphatic heterocycles. The first-order valence-electron chi connectivity index (χ1n) is 5.86. The Labute approximate surface area is 106 Å². The van der Waals surface area contributed by atoms with Gasteiger partial charge in [-0.25, -0.2) is 0 Å². The van der Waals surface area contributed by atoms with Crippen LogP contribution in [0.25, 0.3) is 0 Å². The molecule has 0 aliphatic rings. The summed E-state index contributed by atoms with van der Waals surface area (Å²) in [6.07, 6.45) is 0.485. The van der Waals surface area contributed by atoms with Crippen molar-refractivity contribution in [2.75, 3.05) is 11.9 Å². The van der Waals surface area contributed by atoms with E-state index in [0.717, 1.165) is 11.3 Å². The van der Waals surface area contributed by atoms with Crippen LogP contribution in [0.4, 0.5) is 5.69 Å². The number of anilines is 1. The van der Waals surface area contributed by atoms with Gasteiger partial charge in [0.1, 0.15) is 0 Å². The van der Waals surface area contributed by atoms with Gasteiger partial charge in [-0.3, -0.25) is 4.79 Å². The Morgan fingerprint density at radius 2 is 1.67 bits per heavy atom. The standard InChI is InChI=1S/C15H15NO2/c17-11-10-12-6-4-5-9-14(12)15(18)16-13-7-2-1-3-8-13/h1-9,17H,10-11H2,(H,16,18). The van der Waals surface area contributed by atoms with Crippen molar-refractivity contribution in [1.29, 1.82) is 0 Å². The average molecular weight is 241 g/mol. The Morgan fingerprint density at radius 3 is 2.39 bits per heavy atom. The summed E-state index contributed by atoms with van der Waals surface area (Å²) in [5.74, 6) is -0.148. The van der Waals surface area contributed by atoms with Gasteiger partial charge in [0, 0.05) is 17.9 Å². The zero-order valence-electron chi connectivity index (χ0n) is 9.97. The molecule has 18 heavy (non-hydrogen) atoms. The van der Waals surface area contributed by atoms with E-state index in [1.165, 1.54) is 0 Å². The van der Waals surface area contributed by atoms with Gasteiger partial charge in [0.2, 0.25) is 0 Å². The number of amides is 1. The smallest absolute Gasteiger partial charge is 0.255 e. The van der Waals surface area contributed by atoms with Gasteiger partial charge in [-0.2, -0.15) is 0 Å². The summed E-state index contributed by atoms with van der Waals surface area (Å²) in [6, 6.07) is 16.6. The van der Waals surface area contributed by atoms with E-state index in [1.54, 1.807) is 6.07 Å². The number of hydrogen-bond donors (Lipinski definition) is 2. The second-order valence-electron chi connectivity index (χ2n) is 3.95. The quantitative estimate of drug-likeness (QED) is 0.864. The molecule has 0 spiro atoms. The molecule has 2 aromatic rings. The van der Waals surface area contributed by atoms with Gasteiger partial charge < -0.3 is 10.4 Å². The predicted molar refractivity (Wildman–Crippen MR) is 71.6 cm³/mol. The molecule has 3 heteroatoms. The lowest BCUT2D eigenvalue weighted by atomic mass is 10.0. The summed E-state index contributed by atoms with van der Waals surface area (Å²) in [5.41, 5.74) is 2.23. The first-order valence-corrected chi connectivity index (χ1v) is 5.86. The molecule has 2 aromatic carbocycles. The van der Waals surface area contributed by atoms with Crippen LogP contribution in [0.2, 0.25) is 0 Å². The second-order valence-corrected chi connectivity index (χ2v) is 3.95. The Hall–Kier alpha value is -2.13. The van der Waals surface area contributed by atoms with Crippen LogP contribution < -0.4 is 5.32 Å². The number of aliphatic hydroxyl groups is 1. The first kappa shape index (κ1) is 12.3. The van der Waals surface area contributed by atoms with Crippen LogP contribution in [-0.2, 0) is 6.42 Å². The molecule has 2 rings (SSSR count). The summed E-state index contributed by atoms with van der Waals surface area (Å²) in [4.78, 5) is 12.1. The maximum Gasteiger partial charge on any atom is 0.255 e. The van der Waals surface area contributed by atoms with Gasteiger partial charge in [0.05, 0.1) is 0 Å². The average Bonchev–Trinajstić information content (AvgIpc) is 2.41. The third-order valence-electron chi connectivity index (χ3n) is 2.67. The molecule has 0 bridgehead atoms. The summed E-state index contributed by atoms with van der Waals surface area (Å²) < 4.78 is 0. The zero-order valence-corrected chi connectivity index (χ0v) is 9.97. The monoisotopic (exact) mass is 241 g/mol. The fourth-order valence-electron chi connectivity index (χ4n) is 1.80. The third kappa shape index (κ3) is 2.96. The first-order chi connectivity index (χ1) is 8.81. The van der Waals surface area contributed by atoms with Crippen LogP contribution in [0.5, 0.6) is 0 Å². The number of benzene rings is 2. The van der Waals surface area contributed by atoms with Crippen molar-refractivity contribution in [2.24, 2.45) is 0 Å². The van der Waals surface area contributed by atoms with E-state index in [4.69, 9.17) is 5.11 Å². The van der Waals surface area contributed by atoms with Gasteiger partial charge in [-0.05, 0) is 30.2 Å². The summed E-state index contributed by atoms with van der Waals surface area (Å²) in [6.45, 7) is 0.0373. The summed E-state index contributed by atoms with van der Waals surface area (Å²) >= 11 is 0. The number of rotatable bonds is 4. The third-order valence-corrected chi connectivity index (χ3v) is 2.67. The van der Waals surface area contributed by atoms with Gasteiger partial charge in [-0.15, -0.1) is 0 Å². The molecular weight excluding hydrogens is 226 g/mol. The molecule has 0 unspecified atom stereocenters. The lowest BCUT2D eigenvalue weighted by Crippen LogP contribution is -2.14. The highest BCUT2D eigenvalue weighted by molar-refractivity contribution is 6.05. The zero-order chi connectivity index (χ0) is 12.8. The van der Waals surface area contributed by atoms with Crippen molar-refractivity contribution in [3.63, 3.8) is 0 Å². The van der Waals surface area contributed by atoms with Crippen LogP contribution in [-0.4, -0.2) is 17.6 Å². The van der Waals surface area contributed by atoms with Crippen molar-refractivity contribution >= 4 is 11.6 Å². The Balaban J connectivity index is 2.19. The van der Waals surface area contributed by atoms with Crippen LogP contribution in [0, 0.1) is 0 Å². The molecule has 0 saturated carbocycles. The Bertz CT molecular complexity index is 523. The Morgan fingerprint density at radius 1 is 1.00 bits per heavy atom. The molecule has 1 amide bonds. The molecular formula is C15H15NO2. The predicted octanol–water partition coefficient (Wildman–Crippen LogP) is 2.47. The summed E-state index contributed by atoms with van der Waals surface area (Å²) in [5, 5.41) is 11.8. The fraction of sp³-hybridized carbons (Fsp3) is 0.133. The lowest BCUT2D eigenvalue weighted by Gasteiger charge is -2.09. The molecule has 0 aromatic heterocycles. The van der Waals surface area contributed by atoms with Crippen LogP contribution in [0.1, 0.15) is 15.9 Å². The van der Waals surface area contributed by atoms with E-state index < -0.39 is 0 Å². The molecule has 0 saturated heterocycles. The number of para-hydroxylation sites is 1. The lowest BCUT2D eigenvalue weighted by molar-refractivity contribution is 0.102. The molecule has 0 atom stereocenters. The largest absolute Gasteiger partial charge is 0.396 e. The highest BCUT2D eigenvalue weighted by Gasteiger charge is 2.10. The minimum atomic E-state index is -0.148. The molecule has 2 N–H and O–H groups in total. The second kappa shape index (κ2) is 5.98. The molecule has 0 radical (unpaired) electrons. The van der Waals surface area contributed by atoms with Crippen molar-refractivity contribution in [3.05, 3.63) is 65.7 Å². The van der Waals surface area contributed by atoms with E-state index in [2.05, 4.69) is 5.32 Å². The van der Waals surface area contributed by atoms with Gasteiger partial charge in [-0.1, -0.05) is 36.4 Å². The van der Waals surface area contributed by atoms with Crippen LogP contribution in [0.3, 0.4) is 0 Å². The van der Waals surface area contributed by atoms with Crippen LogP contribution >= 0.6 is 0 Å². The van der Waals surface area contributed by atoms with Gasteiger partial charge >= 0.3 is 0 Å². The number of carbonyl (C=O) groups is 1. The minimum Gasteiger partial charge on any atom is -0.396 e. The number of carbonyl (C=O) groups excluding carboxylic acids is 1.